The Labute approximate surface area is 127 Å². The molecular formula is C15H19N3O4. The standard InChI is InChI=1S/C15H19N3O4/c1-17-10-13(16-15(17)20)14(19)18(8-11-4-2-6-21-11)9-12-5-3-7-22-12/h2,4,6,10,12H,3,5,7-9H2,1H3,(H,16,20). The van der Waals surface area contributed by atoms with Gasteiger partial charge in [-0.1, -0.05) is 0 Å². The maximum absolute atomic E-state index is 12.7. The highest BCUT2D eigenvalue weighted by Crippen LogP contribution is 2.16. The number of aromatic amines is 1. The van der Waals surface area contributed by atoms with Crippen LogP contribution in [-0.2, 0) is 18.3 Å². The molecule has 1 fully saturated rings. The summed E-state index contributed by atoms with van der Waals surface area (Å²) in [4.78, 5) is 28.4. The minimum Gasteiger partial charge on any atom is -0.467 e. The predicted molar refractivity (Wildman–Crippen MR) is 78.5 cm³/mol. The summed E-state index contributed by atoms with van der Waals surface area (Å²) in [6, 6.07) is 3.61. The average molecular weight is 305 g/mol. The Bertz CT molecular complexity index is 680. The van der Waals surface area contributed by atoms with E-state index in [0.717, 1.165) is 19.4 Å². The van der Waals surface area contributed by atoms with Gasteiger partial charge in [0.25, 0.3) is 5.91 Å². The summed E-state index contributed by atoms with van der Waals surface area (Å²) in [5.74, 6) is 0.467. The van der Waals surface area contributed by atoms with Crippen molar-refractivity contribution in [3.8, 4) is 0 Å². The molecule has 0 saturated carbocycles. The van der Waals surface area contributed by atoms with E-state index in [0.29, 0.717) is 18.8 Å². The number of amides is 1. The number of aromatic nitrogens is 2. The van der Waals surface area contributed by atoms with Gasteiger partial charge in [-0.25, -0.2) is 4.79 Å². The molecule has 0 aromatic carbocycles. The van der Waals surface area contributed by atoms with E-state index in [2.05, 4.69) is 4.98 Å². The van der Waals surface area contributed by atoms with Crippen molar-refractivity contribution >= 4 is 5.91 Å². The highest BCUT2D eigenvalue weighted by molar-refractivity contribution is 5.92. The molecule has 1 N–H and O–H groups in total. The number of hydrogen-bond donors (Lipinski definition) is 1. The van der Waals surface area contributed by atoms with Crippen LogP contribution in [0.3, 0.4) is 0 Å². The lowest BCUT2D eigenvalue weighted by molar-refractivity contribution is 0.0487. The molecule has 2 aromatic heterocycles. The molecule has 1 atom stereocenters. The molecule has 0 bridgehead atoms. The Morgan fingerprint density at radius 1 is 1.55 bits per heavy atom. The molecule has 1 amide bonds. The van der Waals surface area contributed by atoms with Crippen molar-refractivity contribution in [2.24, 2.45) is 7.05 Å². The van der Waals surface area contributed by atoms with Crippen LogP contribution in [-0.4, -0.2) is 39.6 Å². The van der Waals surface area contributed by atoms with E-state index >= 15 is 0 Å². The molecule has 2 aromatic rings. The first kappa shape index (κ1) is 14.6. The summed E-state index contributed by atoms with van der Waals surface area (Å²) in [6.45, 7) is 1.56. The normalized spacial score (nSPS) is 17.8. The van der Waals surface area contributed by atoms with E-state index in [9.17, 15) is 9.59 Å². The third-order valence-corrected chi connectivity index (χ3v) is 3.78. The predicted octanol–water partition coefficient (Wildman–Crippen LogP) is 1.13. The van der Waals surface area contributed by atoms with Crippen molar-refractivity contribution in [2.75, 3.05) is 13.2 Å². The van der Waals surface area contributed by atoms with Gasteiger partial charge >= 0.3 is 5.69 Å². The second-order valence-corrected chi connectivity index (χ2v) is 5.48. The molecule has 3 heterocycles. The summed E-state index contributed by atoms with van der Waals surface area (Å²) in [5.41, 5.74) is -0.0320. The molecule has 7 nitrogen and oxygen atoms in total. The molecule has 1 aliphatic rings. The lowest BCUT2D eigenvalue weighted by Crippen LogP contribution is -2.37. The van der Waals surface area contributed by atoms with E-state index in [1.165, 1.54) is 10.8 Å². The van der Waals surface area contributed by atoms with Gasteiger partial charge in [0.1, 0.15) is 11.5 Å². The molecule has 7 heteroatoms. The van der Waals surface area contributed by atoms with E-state index < -0.39 is 0 Å². The molecular weight excluding hydrogens is 286 g/mol. The minimum absolute atomic E-state index is 0.0364. The fourth-order valence-electron chi connectivity index (χ4n) is 2.61. The number of nitrogens with one attached hydrogen (secondary N) is 1. The number of aryl methyl sites for hydroxylation is 1. The second-order valence-electron chi connectivity index (χ2n) is 5.48. The number of furan rings is 1. The van der Waals surface area contributed by atoms with E-state index in [1.807, 2.05) is 6.07 Å². The van der Waals surface area contributed by atoms with Gasteiger partial charge < -0.3 is 23.6 Å². The van der Waals surface area contributed by atoms with Crippen LogP contribution in [0, 0.1) is 0 Å². The van der Waals surface area contributed by atoms with Crippen LogP contribution in [0.15, 0.2) is 33.8 Å². The van der Waals surface area contributed by atoms with Gasteiger partial charge in [-0.15, -0.1) is 0 Å². The highest BCUT2D eigenvalue weighted by Gasteiger charge is 2.25. The van der Waals surface area contributed by atoms with Crippen LogP contribution in [0.2, 0.25) is 0 Å². The third kappa shape index (κ3) is 3.14. The van der Waals surface area contributed by atoms with E-state index in [1.54, 1.807) is 24.3 Å². The van der Waals surface area contributed by atoms with Gasteiger partial charge in [-0.05, 0) is 25.0 Å². The van der Waals surface area contributed by atoms with Crippen LogP contribution in [0.1, 0.15) is 29.1 Å². The molecule has 22 heavy (non-hydrogen) atoms. The Morgan fingerprint density at radius 3 is 3.00 bits per heavy atom. The van der Waals surface area contributed by atoms with Crippen LogP contribution in [0.25, 0.3) is 0 Å². The molecule has 1 unspecified atom stereocenters. The fourth-order valence-corrected chi connectivity index (χ4v) is 2.61. The first-order valence-corrected chi connectivity index (χ1v) is 7.32. The lowest BCUT2D eigenvalue weighted by Gasteiger charge is -2.24. The zero-order chi connectivity index (χ0) is 15.5. The second kappa shape index (κ2) is 6.23. The number of carbonyl (C=O) groups excluding carboxylic acids is 1. The van der Waals surface area contributed by atoms with Crippen molar-refractivity contribution in [1.29, 1.82) is 0 Å². The van der Waals surface area contributed by atoms with Gasteiger partial charge in [0.2, 0.25) is 0 Å². The minimum atomic E-state index is -0.307. The summed E-state index contributed by atoms with van der Waals surface area (Å²) in [5, 5.41) is 0. The first-order valence-electron chi connectivity index (χ1n) is 7.32. The topological polar surface area (TPSA) is 80.5 Å². The monoisotopic (exact) mass is 305 g/mol. The van der Waals surface area contributed by atoms with E-state index in [4.69, 9.17) is 9.15 Å². The van der Waals surface area contributed by atoms with Gasteiger partial charge in [0.15, 0.2) is 0 Å². The van der Waals surface area contributed by atoms with Crippen LogP contribution in [0.4, 0.5) is 0 Å². The van der Waals surface area contributed by atoms with Crippen LogP contribution < -0.4 is 5.69 Å². The van der Waals surface area contributed by atoms with Crippen molar-refractivity contribution in [3.05, 3.63) is 46.5 Å². The van der Waals surface area contributed by atoms with Crippen molar-refractivity contribution in [1.82, 2.24) is 14.5 Å². The third-order valence-electron chi connectivity index (χ3n) is 3.78. The Balaban J connectivity index is 1.79. The largest absolute Gasteiger partial charge is 0.467 e. The molecule has 1 aliphatic heterocycles. The molecule has 1 saturated heterocycles. The van der Waals surface area contributed by atoms with Gasteiger partial charge in [0, 0.05) is 26.4 Å². The molecule has 0 spiro atoms. The molecule has 0 aliphatic carbocycles. The quantitative estimate of drug-likeness (QED) is 0.898. The van der Waals surface area contributed by atoms with Crippen molar-refractivity contribution in [2.45, 2.75) is 25.5 Å². The number of hydrogen-bond acceptors (Lipinski definition) is 4. The lowest BCUT2D eigenvalue weighted by atomic mass is 10.2. The molecule has 3 rings (SSSR count). The maximum Gasteiger partial charge on any atom is 0.325 e. The Hall–Kier alpha value is -2.28. The SMILES string of the molecule is Cn1cc(C(=O)N(Cc2ccco2)CC2CCCO2)[nH]c1=O. The van der Waals surface area contributed by atoms with Gasteiger partial charge in [-0.2, -0.15) is 0 Å². The number of ether oxygens (including phenoxy) is 1. The van der Waals surface area contributed by atoms with E-state index in [-0.39, 0.29) is 23.4 Å². The van der Waals surface area contributed by atoms with Crippen molar-refractivity contribution in [3.63, 3.8) is 0 Å². The average Bonchev–Trinajstić information content (AvgIpc) is 3.22. The highest BCUT2D eigenvalue weighted by atomic mass is 16.5. The number of rotatable bonds is 5. The summed E-state index contributed by atoms with van der Waals surface area (Å²) in [6.07, 6.45) is 5.07. The Kier molecular flexibility index (Phi) is 4.15. The van der Waals surface area contributed by atoms with Crippen LogP contribution >= 0.6 is 0 Å². The zero-order valence-corrected chi connectivity index (χ0v) is 12.4. The fraction of sp³-hybridized carbons (Fsp3) is 0.467. The Morgan fingerprint density at radius 2 is 2.41 bits per heavy atom. The molecule has 0 radical (unpaired) electrons. The smallest absolute Gasteiger partial charge is 0.325 e. The number of carbonyl (C=O) groups is 1. The zero-order valence-electron chi connectivity index (χ0n) is 12.4. The summed E-state index contributed by atoms with van der Waals surface area (Å²) >= 11 is 0. The van der Waals surface area contributed by atoms with Gasteiger partial charge in [0.05, 0.1) is 18.9 Å². The summed E-state index contributed by atoms with van der Waals surface area (Å²) < 4.78 is 12.3. The first-order chi connectivity index (χ1) is 10.6. The van der Waals surface area contributed by atoms with Crippen LogP contribution in [0.5, 0.6) is 0 Å². The maximum atomic E-state index is 12.7. The number of nitrogens with zero attached hydrogens (tertiary/aromatic N) is 2. The number of H-pyrrole nitrogens is 1. The molecule has 118 valence electrons. The van der Waals surface area contributed by atoms with Gasteiger partial charge in [-0.3, -0.25) is 4.79 Å². The van der Waals surface area contributed by atoms with Crippen molar-refractivity contribution < 1.29 is 13.9 Å². The number of imidazole rings is 1. The summed E-state index contributed by atoms with van der Waals surface area (Å²) in [7, 11) is 1.60.